The molecule has 5 nitrogen and oxygen atoms in total. The van der Waals surface area contributed by atoms with E-state index in [0.29, 0.717) is 22.2 Å². The summed E-state index contributed by atoms with van der Waals surface area (Å²) >= 11 is 1.65. The highest BCUT2D eigenvalue weighted by Gasteiger charge is 2.13. The largest absolute Gasteiger partial charge is 0.459 e. The van der Waals surface area contributed by atoms with Gasteiger partial charge in [-0.05, 0) is 48.5 Å². The molecule has 2 amide bonds. The Morgan fingerprint density at radius 2 is 1.48 bits per heavy atom. The lowest BCUT2D eigenvalue weighted by Crippen LogP contribution is -2.14. The lowest BCUT2D eigenvalue weighted by Gasteiger charge is -2.12. The van der Waals surface area contributed by atoms with Crippen LogP contribution >= 0.6 is 11.8 Å². The van der Waals surface area contributed by atoms with Crippen molar-refractivity contribution in [3.8, 4) is 0 Å². The zero-order valence-electron chi connectivity index (χ0n) is 15.1. The highest BCUT2D eigenvalue weighted by Crippen LogP contribution is 2.27. The number of furan rings is 1. The van der Waals surface area contributed by atoms with Crippen LogP contribution in [0.2, 0.25) is 0 Å². The zero-order valence-corrected chi connectivity index (χ0v) is 15.9. The van der Waals surface area contributed by atoms with Crippen LogP contribution in [0.3, 0.4) is 0 Å². The lowest BCUT2D eigenvalue weighted by atomic mass is 10.2. The van der Waals surface area contributed by atoms with Gasteiger partial charge in [-0.25, -0.2) is 0 Å². The fraction of sp³-hybridized carbons (Fsp3) is 0.143. The van der Waals surface area contributed by atoms with E-state index in [1.165, 1.54) is 6.26 Å². The van der Waals surface area contributed by atoms with E-state index in [-0.39, 0.29) is 17.6 Å². The monoisotopic (exact) mass is 380 g/mol. The second-order valence-corrected chi connectivity index (χ2v) is 7.74. The highest BCUT2D eigenvalue weighted by atomic mass is 32.2. The third-order valence-corrected chi connectivity index (χ3v) is 4.72. The number of hydrogen-bond acceptors (Lipinski definition) is 4. The van der Waals surface area contributed by atoms with Crippen LogP contribution in [-0.4, -0.2) is 17.1 Å². The summed E-state index contributed by atoms with van der Waals surface area (Å²) in [5, 5.41) is 6.02. The van der Waals surface area contributed by atoms with Gasteiger partial charge in [0.15, 0.2) is 5.76 Å². The number of rotatable bonds is 6. The van der Waals surface area contributed by atoms with Crippen LogP contribution in [0.5, 0.6) is 0 Å². The van der Waals surface area contributed by atoms with Gasteiger partial charge in [-0.15, -0.1) is 11.8 Å². The molecule has 2 aromatic carbocycles. The SMILES string of the molecule is CC(C)Sc1ccccc1C(=O)Nc1ccc(NC(=O)c2ccco2)cc1. The zero-order chi connectivity index (χ0) is 19.2. The second-order valence-electron chi connectivity index (χ2n) is 6.13. The van der Waals surface area contributed by atoms with Crippen LogP contribution in [0.25, 0.3) is 0 Å². The van der Waals surface area contributed by atoms with Crippen LogP contribution in [0.4, 0.5) is 11.4 Å². The molecular formula is C21H20N2O3S. The second kappa shape index (κ2) is 8.60. The first-order valence-electron chi connectivity index (χ1n) is 8.55. The molecule has 2 N–H and O–H groups in total. The molecule has 0 radical (unpaired) electrons. The maximum absolute atomic E-state index is 12.6. The van der Waals surface area contributed by atoms with Crippen molar-refractivity contribution < 1.29 is 14.0 Å². The van der Waals surface area contributed by atoms with Crippen molar-refractivity contribution in [1.29, 1.82) is 0 Å². The maximum atomic E-state index is 12.6. The maximum Gasteiger partial charge on any atom is 0.291 e. The smallest absolute Gasteiger partial charge is 0.291 e. The number of carbonyl (C=O) groups is 2. The van der Waals surface area contributed by atoms with Crippen LogP contribution in [-0.2, 0) is 0 Å². The van der Waals surface area contributed by atoms with Gasteiger partial charge in [0.25, 0.3) is 11.8 Å². The molecule has 0 atom stereocenters. The molecule has 0 aliphatic rings. The van der Waals surface area contributed by atoms with Crippen molar-refractivity contribution in [3.63, 3.8) is 0 Å². The summed E-state index contributed by atoms with van der Waals surface area (Å²) < 4.78 is 5.06. The summed E-state index contributed by atoms with van der Waals surface area (Å²) in [7, 11) is 0. The van der Waals surface area contributed by atoms with E-state index in [9.17, 15) is 9.59 Å². The number of amides is 2. The van der Waals surface area contributed by atoms with Gasteiger partial charge < -0.3 is 15.1 Å². The summed E-state index contributed by atoms with van der Waals surface area (Å²) in [5.41, 5.74) is 1.91. The fourth-order valence-electron chi connectivity index (χ4n) is 2.45. The predicted molar refractivity (Wildman–Crippen MR) is 108 cm³/mol. The first-order chi connectivity index (χ1) is 13.0. The summed E-state index contributed by atoms with van der Waals surface area (Å²) in [4.78, 5) is 25.6. The van der Waals surface area contributed by atoms with Gasteiger partial charge in [-0.1, -0.05) is 26.0 Å². The highest BCUT2D eigenvalue weighted by molar-refractivity contribution is 8.00. The third kappa shape index (κ3) is 5.01. The summed E-state index contributed by atoms with van der Waals surface area (Å²) in [6.07, 6.45) is 1.45. The van der Waals surface area contributed by atoms with E-state index >= 15 is 0 Å². The topological polar surface area (TPSA) is 71.3 Å². The van der Waals surface area contributed by atoms with Crippen molar-refractivity contribution in [3.05, 3.63) is 78.3 Å². The van der Waals surface area contributed by atoms with Crippen molar-refractivity contribution >= 4 is 35.0 Å². The van der Waals surface area contributed by atoms with Crippen LogP contribution < -0.4 is 10.6 Å². The van der Waals surface area contributed by atoms with E-state index in [4.69, 9.17) is 4.42 Å². The van der Waals surface area contributed by atoms with Gasteiger partial charge >= 0.3 is 0 Å². The lowest BCUT2D eigenvalue weighted by molar-refractivity contribution is 0.0994. The summed E-state index contributed by atoms with van der Waals surface area (Å²) in [5.74, 6) is -0.241. The number of benzene rings is 2. The van der Waals surface area contributed by atoms with Gasteiger partial charge in [0.1, 0.15) is 0 Å². The van der Waals surface area contributed by atoms with Gasteiger partial charge in [0.2, 0.25) is 0 Å². The molecule has 0 unspecified atom stereocenters. The Bertz CT molecular complexity index is 919. The predicted octanol–water partition coefficient (Wildman–Crippen LogP) is 5.28. The molecule has 27 heavy (non-hydrogen) atoms. The average molecular weight is 380 g/mol. The molecule has 0 spiro atoms. The summed E-state index contributed by atoms with van der Waals surface area (Å²) in [6.45, 7) is 4.18. The number of thioether (sulfide) groups is 1. The Labute approximate surface area is 162 Å². The van der Waals surface area contributed by atoms with Crippen LogP contribution in [0.15, 0.2) is 76.2 Å². The van der Waals surface area contributed by atoms with E-state index < -0.39 is 0 Å². The van der Waals surface area contributed by atoms with E-state index in [0.717, 1.165) is 4.90 Å². The molecule has 0 aliphatic carbocycles. The van der Waals surface area contributed by atoms with E-state index in [2.05, 4.69) is 24.5 Å². The number of nitrogens with one attached hydrogen (secondary N) is 2. The normalized spacial score (nSPS) is 10.6. The van der Waals surface area contributed by atoms with E-state index in [1.807, 2.05) is 24.3 Å². The molecule has 6 heteroatoms. The van der Waals surface area contributed by atoms with Crippen LogP contribution in [0, 0.1) is 0 Å². The minimum Gasteiger partial charge on any atom is -0.459 e. The fourth-order valence-corrected chi connectivity index (χ4v) is 3.40. The molecule has 0 saturated heterocycles. The Hall–Kier alpha value is -2.99. The molecule has 0 bridgehead atoms. The Kier molecular flexibility index (Phi) is 5.98. The molecule has 1 heterocycles. The van der Waals surface area contributed by atoms with Crippen molar-refractivity contribution in [2.24, 2.45) is 0 Å². The standard InChI is InChI=1S/C21H20N2O3S/c1-14(2)27-19-8-4-3-6-17(19)20(24)22-15-9-11-16(12-10-15)23-21(25)18-7-5-13-26-18/h3-14H,1-2H3,(H,22,24)(H,23,25). The Balaban J connectivity index is 1.66. The van der Waals surface area contributed by atoms with Crippen molar-refractivity contribution in [1.82, 2.24) is 0 Å². The number of anilines is 2. The van der Waals surface area contributed by atoms with Crippen molar-refractivity contribution in [2.75, 3.05) is 10.6 Å². The minimum absolute atomic E-state index is 0.161. The van der Waals surface area contributed by atoms with Gasteiger partial charge in [0, 0.05) is 21.5 Å². The summed E-state index contributed by atoms with van der Waals surface area (Å²) in [6, 6.07) is 17.7. The number of carbonyl (C=O) groups excluding carboxylic acids is 2. The molecule has 3 aromatic rings. The molecule has 138 valence electrons. The quantitative estimate of drug-likeness (QED) is 0.570. The number of hydrogen-bond donors (Lipinski definition) is 2. The van der Waals surface area contributed by atoms with Gasteiger partial charge in [0.05, 0.1) is 11.8 Å². The van der Waals surface area contributed by atoms with E-state index in [1.54, 1.807) is 48.2 Å². The van der Waals surface area contributed by atoms with Crippen LogP contribution in [0.1, 0.15) is 34.8 Å². The first kappa shape index (κ1) is 18.8. The van der Waals surface area contributed by atoms with Gasteiger partial charge in [-0.3, -0.25) is 9.59 Å². The van der Waals surface area contributed by atoms with Gasteiger partial charge in [-0.2, -0.15) is 0 Å². The minimum atomic E-state index is -0.323. The molecule has 0 fully saturated rings. The third-order valence-electron chi connectivity index (χ3n) is 3.64. The molecule has 3 rings (SSSR count). The average Bonchev–Trinajstić information content (AvgIpc) is 3.18. The molecular weight excluding hydrogens is 360 g/mol. The Morgan fingerprint density at radius 1 is 0.852 bits per heavy atom. The molecule has 0 saturated carbocycles. The first-order valence-corrected chi connectivity index (χ1v) is 9.43. The Morgan fingerprint density at radius 3 is 2.07 bits per heavy atom. The molecule has 1 aromatic heterocycles. The van der Waals surface area contributed by atoms with Crippen molar-refractivity contribution in [2.45, 2.75) is 24.0 Å². The molecule has 0 aliphatic heterocycles.